The van der Waals surface area contributed by atoms with Crippen LogP contribution in [0.5, 0.6) is 0 Å². The summed E-state index contributed by atoms with van der Waals surface area (Å²) < 4.78 is 0. The Bertz CT molecular complexity index is 126. The zero-order valence-corrected chi connectivity index (χ0v) is 8.68. The number of halogens is 2. The summed E-state index contributed by atoms with van der Waals surface area (Å²) in [5.74, 6) is 0.559. The molecule has 0 unspecified atom stereocenters. The number of nitrogens with one attached hydrogen (secondary N) is 2. The first-order chi connectivity index (χ1) is 5.31. The summed E-state index contributed by atoms with van der Waals surface area (Å²) >= 11 is 5.46. The molecule has 0 aromatic carbocycles. The van der Waals surface area contributed by atoms with Crippen LogP contribution < -0.4 is 0 Å². The molecule has 0 fully saturated rings. The molecular weight excluding hydrogens is 195 g/mol. The molecule has 2 nitrogen and oxygen atoms in total. The molecule has 0 radical (unpaired) electrons. The molecular formula is C8H16Cl2N2. The van der Waals surface area contributed by atoms with Crippen LogP contribution >= 0.6 is 24.0 Å². The Hall–Kier alpha value is -0.0800. The quantitative estimate of drug-likeness (QED) is 0.369. The molecule has 0 amide bonds. The minimum absolute atomic E-state index is 0. The summed E-state index contributed by atoms with van der Waals surface area (Å²) in [6, 6.07) is 0. The van der Waals surface area contributed by atoms with Crippen molar-refractivity contribution in [1.82, 2.24) is 0 Å². The van der Waals surface area contributed by atoms with Crippen molar-refractivity contribution in [2.24, 2.45) is 0 Å². The van der Waals surface area contributed by atoms with E-state index in [0.29, 0.717) is 12.3 Å². The van der Waals surface area contributed by atoms with Gasteiger partial charge in [0.2, 0.25) is 0 Å². The predicted octanol–water partition coefficient (Wildman–Crippen LogP) is 3.27. The van der Waals surface area contributed by atoms with E-state index in [2.05, 4.69) is 0 Å². The lowest BCUT2D eigenvalue weighted by Crippen LogP contribution is -1.96. The molecule has 72 valence electrons. The molecule has 2 N–H and O–H groups in total. The van der Waals surface area contributed by atoms with E-state index in [1.807, 2.05) is 0 Å². The third-order valence-corrected chi connectivity index (χ3v) is 1.66. The average molecular weight is 211 g/mol. The largest absolute Gasteiger partial charge is 0.313 e. The van der Waals surface area contributed by atoms with Gasteiger partial charge in [0.1, 0.15) is 0 Å². The highest BCUT2D eigenvalue weighted by molar-refractivity contribution is 6.19. The molecule has 0 aliphatic rings. The molecule has 12 heavy (non-hydrogen) atoms. The second kappa shape index (κ2) is 10.9. The van der Waals surface area contributed by atoms with Crippen LogP contribution in [0.25, 0.3) is 0 Å². The lowest BCUT2D eigenvalue weighted by Gasteiger charge is -1.99. The summed E-state index contributed by atoms with van der Waals surface area (Å²) in [6.45, 7) is 0. The third kappa shape index (κ3) is 9.92. The normalized spacial score (nSPS) is 8.75. The van der Waals surface area contributed by atoms with Gasteiger partial charge in [-0.2, -0.15) is 0 Å². The summed E-state index contributed by atoms with van der Waals surface area (Å²) in [5.41, 5.74) is 0.741. The van der Waals surface area contributed by atoms with Gasteiger partial charge in [0, 0.05) is 11.6 Å². The molecule has 0 saturated heterocycles. The number of rotatable bonds is 7. The van der Waals surface area contributed by atoms with Crippen molar-refractivity contribution >= 4 is 35.9 Å². The van der Waals surface area contributed by atoms with E-state index < -0.39 is 0 Å². The molecule has 0 aliphatic heterocycles. The highest BCUT2D eigenvalue weighted by Gasteiger charge is 1.94. The van der Waals surface area contributed by atoms with E-state index in [1.54, 1.807) is 0 Å². The fraction of sp³-hybridized carbons (Fsp3) is 0.750. The van der Waals surface area contributed by atoms with Gasteiger partial charge < -0.3 is 10.8 Å². The maximum Gasteiger partial charge on any atom is 0.0275 e. The molecule has 0 heterocycles. The van der Waals surface area contributed by atoms with Crippen molar-refractivity contribution in [3.05, 3.63) is 0 Å². The van der Waals surface area contributed by atoms with Gasteiger partial charge in [-0.3, -0.25) is 0 Å². The smallest absolute Gasteiger partial charge is 0.0275 e. The Morgan fingerprint density at radius 1 is 1.25 bits per heavy atom. The molecule has 0 aliphatic carbocycles. The lowest BCUT2D eigenvalue weighted by molar-refractivity contribution is 0.790. The molecule has 0 saturated carbocycles. The second-order valence-electron chi connectivity index (χ2n) is 2.49. The zero-order chi connectivity index (χ0) is 8.53. The van der Waals surface area contributed by atoms with Crippen molar-refractivity contribution in [1.29, 1.82) is 10.8 Å². The van der Waals surface area contributed by atoms with Crippen molar-refractivity contribution in [2.75, 3.05) is 5.88 Å². The summed E-state index contributed by atoms with van der Waals surface area (Å²) in [4.78, 5) is 0. The maximum absolute atomic E-state index is 7.38. The first-order valence-electron chi connectivity index (χ1n) is 3.92. The molecule has 0 bridgehead atoms. The van der Waals surface area contributed by atoms with Gasteiger partial charge >= 0.3 is 0 Å². The second-order valence-corrected chi connectivity index (χ2v) is 2.87. The fourth-order valence-electron chi connectivity index (χ4n) is 0.824. The number of unbranched alkanes of at least 4 members (excludes halogenated alkanes) is 2. The Balaban J connectivity index is 0. The van der Waals surface area contributed by atoms with Gasteiger partial charge in [0.25, 0.3) is 0 Å². The highest BCUT2D eigenvalue weighted by atomic mass is 35.5. The predicted molar refractivity (Wildman–Crippen MR) is 57.6 cm³/mol. The van der Waals surface area contributed by atoms with E-state index in [9.17, 15) is 0 Å². The van der Waals surface area contributed by atoms with Crippen LogP contribution in [0.3, 0.4) is 0 Å². The van der Waals surface area contributed by atoms with Crippen molar-refractivity contribution in [3.8, 4) is 0 Å². The van der Waals surface area contributed by atoms with Crippen LogP contribution in [0.2, 0.25) is 0 Å². The van der Waals surface area contributed by atoms with E-state index in [1.165, 1.54) is 6.21 Å². The number of alkyl halides is 1. The Kier molecular flexibility index (Phi) is 13.1. The maximum atomic E-state index is 7.38. The summed E-state index contributed by atoms with van der Waals surface area (Å²) in [7, 11) is 0. The highest BCUT2D eigenvalue weighted by Crippen LogP contribution is 2.01. The van der Waals surface area contributed by atoms with Gasteiger partial charge in [0.15, 0.2) is 0 Å². The van der Waals surface area contributed by atoms with Crippen LogP contribution in [0.1, 0.15) is 32.1 Å². The third-order valence-electron chi connectivity index (χ3n) is 1.47. The van der Waals surface area contributed by atoms with Crippen LogP contribution in [0, 0.1) is 10.8 Å². The zero-order valence-electron chi connectivity index (χ0n) is 7.11. The molecule has 4 heteroatoms. The van der Waals surface area contributed by atoms with E-state index in [-0.39, 0.29) is 12.4 Å². The van der Waals surface area contributed by atoms with E-state index in [4.69, 9.17) is 22.4 Å². The molecule has 0 atom stereocenters. The Morgan fingerprint density at radius 3 is 2.42 bits per heavy atom. The topological polar surface area (TPSA) is 47.7 Å². The van der Waals surface area contributed by atoms with Crippen LogP contribution in [0.15, 0.2) is 0 Å². The number of hydrogen-bond acceptors (Lipinski definition) is 2. The molecule has 0 aromatic heterocycles. The molecule has 0 spiro atoms. The first-order valence-corrected chi connectivity index (χ1v) is 4.46. The fourth-order valence-corrected chi connectivity index (χ4v) is 1.05. The molecule has 0 aromatic rings. The van der Waals surface area contributed by atoms with E-state index >= 15 is 0 Å². The van der Waals surface area contributed by atoms with Crippen molar-refractivity contribution in [2.45, 2.75) is 32.1 Å². The molecule has 0 rings (SSSR count). The SMILES string of the molecule is Cl.N=CCCCCC(=N)CCCl. The van der Waals surface area contributed by atoms with Gasteiger partial charge in [0.05, 0.1) is 0 Å². The monoisotopic (exact) mass is 210 g/mol. The summed E-state index contributed by atoms with van der Waals surface area (Å²) in [5, 5.41) is 14.2. The van der Waals surface area contributed by atoms with Gasteiger partial charge in [-0.25, -0.2) is 0 Å². The average Bonchev–Trinajstić information content (AvgIpc) is 1.99. The van der Waals surface area contributed by atoms with Crippen LogP contribution in [0.4, 0.5) is 0 Å². The minimum Gasteiger partial charge on any atom is -0.313 e. The van der Waals surface area contributed by atoms with Gasteiger partial charge in [-0.05, 0) is 38.3 Å². The van der Waals surface area contributed by atoms with Crippen LogP contribution in [-0.4, -0.2) is 17.8 Å². The first kappa shape index (κ1) is 14.4. The van der Waals surface area contributed by atoms with Gasteiger partial charge in [-0.1, -0.05) is 0 Å². The van der Waals surface area contributed by atoms with Crippen molar-refractivity contribution in [3.63, 3.8) is 0 Å². The number of hydrogen-bond donors (Lipinski definition) is 2. The Labute approximate surface area is 85.1 Å². The van der Waals surface area contributed by atoms with E-state index in [0.717, 1.165) is 31.4 Å². The van der Waals surface area contributed by atoms with Gasteiger partial charge in [-0.15, -0.1) is 24.0 Å². The standard InChI is InChI=1S/C8H15ClN2.ClH/c9-6-5-8(11)4-2-1-3-7-10;/h7,10-11H,1-6H2;1H. The van der Waals surface area contributed by atoms with Crippen molar-refractivity contribution < 1.29 is 0 Å². The lowest BCUT2D eigenvalue weighted by atomic mass is 10.1. The Morgan fingerprint density at radius 2 is 1.92 bits per heavy atom. The minimum atomic E-state index is 0. The summed E-state index contributed by atoms with van der Waals surface area (Å²) in [6.07, 6.45) is 5.87. The van der Waals surface area contributed by atoms with Crippen LogP contribution in [-0.2, 0) is 0 Å².